The second-order valence-corrected chi connectivity index (χ2v) is 4.49. The van der Waals surface area contributed by atoms with E-state index in [-0.39, 0.29) is 18.1 Å². The molecule has 0 aliphatic heterocycles. The molecule has 1 N–H and O–H groups in total. The fourth-order valence-electron chi connectivity index (χ4n) is 1.62. The predicted octanol–water partition coefficient (Wildman–Crippen LogP) is 2.86. The van der Waals surface area contributed by atoms with Crippen LogP contribution in [-0.2, 0) is 12.7 Å². The van der Waals surface area contributed by atoms with Gasteiger partial charge in [0.05, 0.1) is 12.1 Å². The van der Waals surface area contributed by atoms with E-state index in [0.29, 0.717) is 16.8 Å². The van der Waals surface area contributed by atoms with Crippen LogP contribution in [0, 0.1) is 0 Å². The smallest absolute Gasteiger partial charge is 0.417 e. The molecule has 2 rings (SSSR count). The zero-order valence-corrected chi connectivity index (χ0v) is 10.9. The van der Waals surface area contributed by atoms with Crippen LogP contribution in [0.2, 0.25) is 5.02 Å². The number of carboxylic acids is 1. The molecule has 9 heteroatoms. The van der Waals surface area contributed by atoms with Crippen molar-refractivity contribution in [2.45, 2.75) is 12.7 Å². The normalized spacial score (nSPS) is 11.6. The zero-order chi connectivity index (χ0) is 15.8. The third-order valence-corrected chi connectivity index (χ3v) is 2.84. The maximum Gasteiger partial charge on any atom is 0.417 e. The largest absolute Gasteiger partial charge is 0.475 e. The number of rotatable bonds is 3. The molecule has 0 saturated heterocycles. The highest BCUT2D eigenvalue weighted by atomic mass is 35.5. The van der Waals surface area contributed by atoms with E-state index in [1.165, 1.54) is 6.07 Å². The first-order chi connectivity index (χ1) is 9.68. The molecule has 0 saturated carbocycles. The molecule has 0 aliphatic rings. The first kappa shape index (κ1) is 15.2. The van der Waals surface area contributed by atoms with Crippen LogP contribution in [0.3, 0.4) is 0 Å². The van der Waals surface area contributed by atoms with Crippen molar-refractivity contribution in [2.75, 3.05) is 0 Å². The summed E-state index contributed by atoms with van der Waals surface area (Å²) < 4.78 is 43.5. The monoisotopic (exact) mass is 321 g/mol. The average Bonchev–Trinajstić information content (AvgIpc) is 2.82. The predicted molar refractivity (Wildman–Crippen MR) is 65.5 cm³/mol. The standard InChI is InChI=1S/C12H7ClF3NO4/c13-8-3-6(12(14,15)16)4-17(10(8)18)5-7-1-2-9(21-7)11(19)20/h1-4H,5H2,(H,19,20). The highest BCUT2D eigenvalue weighted by Crippen LogP contribution is 2.29. The second kappa shape index (κ2) is 5.28. The summed E-state index contributed by atoms with van der Waals surface area (Å²) in [6.07, 6.45) is -4.06. The van der Waals surface area contributed by atoms with Crippen LogP contribution in [-0.4, -0.2) is 15.6 Å². The van der Waals surface area contributed by atoms with Gasteiger partial charge in [-0.25, -0.2) is 4.79 Å². The second-order valence-electron chi connectivity index (χ2n) is 4.08. The Morgan fingerprint density at radius 2 is 2.05 bits per heavy atom. The number of aromatic carboxylic acids is 1. The van der Waals surface area contributed by atoms with E-state index in [0.717, 1.165) is 6.07 Å². The van der Waals surface area contributed by atoms with E-state index in [9.17, 15) is 22.8 Å². The van der Waals surface area contributed by atoms with Crippen molar-refractivity contribution in [3.8, 4) is 0 Å². The van der Waals surface area contributed by atoms with Crippen LogP contribution in [0.15, 0.2) is 33.6 Å². The van der Waals surface area contributed by atoms with Gasteiger partial charge in [-0.2, -0.15) is 13.2 Å². The quantitative estimate of drug-likeness (QED) is 0.943. The summed E-state index contributed by atoms with van der Waals surface area (Å²) in [4.78, 5) is 22.3. The molecule has 0 atom stereocenters. The Morgan fingerprint density at radius 1 is 1.38 bits per heavy atom. The van der Waals surface area contributed by atoms with Gasteiger partial charge in [0.1, 0.15) is 10.8 Å². The van der Waals surface area contributed by atoms with Crippen LogP contribution < -0.4 is 5.56 Å². The SMILES string of the molecule is O=C(O)c1ccc(Cn2cc(C(F)(F)F)cc(Cl)c2=O)o1. The number of aromatic nitrogens is 1. The molecule has 0 bridgehead atoms. The first-order valence-corrected chi connectivity index (χ1v) is 5.85. The molecule has 0 unspecified atom stereocenters. The van der Waals surface area contributed by atoms with Crippen LogP contribution in [0.25, 0.3) is 0 Å². The van der Waals surface area contributed by atoms with Gasteiger partial charge in [0.15, 0.2) is 0 Å². The summed E-state index contributed by atoms with van der Waals surface area (Å²) in [5.41, 5.74) is -1.92. The van der Waals surface area contributed by atoms with Gasteiger partial charge in [-0.3, -0.25) is 4.79 Å². The molecule has 0 radical (unpaired) electrons. The van der Waals surface area contributed by atoms with E-state index >= 15 is 0 Å². The lowest BCUT2D eigenvalue weighted by Crippen LogP contribution is -2.23. The molecule has 0 aromatic carbocycles. The molecular weight excluding hydrogens is 315 g/mol. The number of hydrogen-bond donors (Lipinski definition) is 1. The lowest BCUT2D eigenvalue weighted by atomic mass is 10.2. The summed E-state index contributed by atoms with van der Waals surface area (Å²) in [5.74, 6) is -1.68. The third-order valence-electron chi connectivity index (χ3n) is 2.57. The number of hydrogen-bond acceptors (Lipinski definition) is 3. The highest BCUT2D eigenvalue weighted by molar-refractivity contribution is 6.30. The molecule has 112 valence electrons. The molecule has 0 aliphatic carbocycles. The van der Waals surface area contributed by atoms with E-state index < -0.39 is 28.3 Å². The number of nitrogens with zero attached hydrogens (tertiary/aromatic N) is 1. The van der Waals surface area contributed by atoms with Crippen LogP contribution in [0.1, 0.15) is 21.9 Å². The van der Waals surface area contributed by atoms with Crippen molar-refractivity contribution < 1.29 is 27.5 Å². The fraction of sp³-hybridized carbons (Fsp3) is 0.167. The van der Waals surface area contributed by atoms with Crippen molar-refractivity contribution in [3.05, 3.63) is 56.9 Å². The summed E-state index contributed by atoms with van der Waals surface area (Å²) in [6, 6.07) is 2.92. The Morgan fingerprint density at radius 3 is 2.57 bits per heavy atom. The van der Waals surface area contributed by atoms with Crippen molar-refractivity contribution in [2.24, 2.45) is 0 Å². The van der Waals surface area contributed by atoms with Gasteiger partial charge in [0.2, 0.25) is 5.76 Å². The third kappa shape index (κ3) is 3.27. The van der Waals surface area contributed by atoms with Gasteiger partial charge >= 0.3 is 12.1 Å². The fourth-order valence-corrected chi connectivity index (χ4v) is 1.84. The van der Waals surface area contributed by atoms with Crippen LogP contribution in [0.5, 0.6) is 0 Å². The molecule has 2 aromatic rings. The molecule has 21 heavy (non-hydrogen) atoms. The Kier molecular flexibility index (Phi) is 3.82. The minimum Gasteiger partial charge on any atom is -0.475 e. The minimum atomic E-state index is -4.66. The Balaban J connectivity index is 2.41. The number of carbonyl (C=O) groups is 1. The van der Waals surface area contributed by atoms with E-state index in [1.54, 1.807) is 0 Å². The van der Waals surface area contributed by atoms with Gasteiger partial charge in [-0.15, -0.1) is 0 Å². The number of pyridine rings is 1. The Hall–Kier alpha value is -2.22. The Labute approximate surface area is 120 Å². The van der Waals surface area contributed by atoms with Crippen molar-refractivity contribution in [1.82, 2.24) is 4.57 Å². The summed E-state index contributed by atoms with van der Waals surface area (Å²) >= 11 is 5.49. The molecule has 0 spiro atoms. The lowest BCUT2D eigenvalue weighted by Gasteiger charge is -2.10. The maximum atomic E-state index is 12.7. The zero-order valence-electron chi connectivity index (χ0n) is 10.1. The summed E-state index contributed by atoms with van der Waals surface area (Å²) in [5, 5.41) is 8.09. The van der Waals surface area contributed by atoms with Crippen LogP contribution in [0.4, 0.5) is 13.2 Å². The topological polar surface area (TPSA) is 72.4 Å². The van der Waals surface area contributed by atoms with E-state index in [2.05, 4.69) is 0 Å². The van der Waals surface area contributed by atoms with Crippen molar-refractivity contribution in [3.63, 3.8) is 0 Å². The van der Waals surface area contributed by atoms with E-state index in [1.807, 2.05) is 0 Å². The molecular formula is C12H7ClF3NO4. The number of furan rings is 1. The molecule has 0 fully saturated rings. The molecule has 0 amide bonds. The maximum absolute atomic E-state index is 12.7. The highest BCUT2D eigenvalue weighted by Gasteiger charge is 2.32. The number of halogens is 4. The lowest BCUT2D eigenvalue weighted by molar-refractivity contribution is -0.138. The average molecular weight is 322 g/mol. The van der Waals surface area contributed by atoms with E-state index in [4.69, 9.17) is 21.1 Å². The molecule has 2 heterocycles. The van der Waals surface area contributed by atoms with Gasteiger partial charge in [0, 0.05) is 6.20 Å². The number of carboxylic acid groups (broad SMARTS) is 1. The van der Waals surface area contributed by atoms with Crippen LogP contribution >= 0.6 is 11.6 Å². The summed E-state index contributed by atoms with van der Waals surface area (Å²) in [6.45, 7) is -0.365. The molecule has 2 aromatic heterocycles. The van der Waals surface area contributed by atoms with Crippen molar-refractivity contribution >= 4 is 17.6 Å². The summed E-state index contributed by atoms with van der Waals surface area (Å²) in [7, 11) is 0. The van der Waals surface area contributed by atoms with Gasteiger partial charge in [0.25, 0.3) is 5.56 Å². The Bertz CT molecular complexity index is 748. The van der Waals surface area contributed by atoms with Gasteiger partial charge in [-0.05, 0) is 18.2 Å². The van der Waals surface area contributed by atoms with Crippen molar-refractivity contribution in [1.29, 1.82) is 0 Å². The molecule has 5 nitrogen and oxygen atoms in total. The van der Waals surface area contributed by atoms with Gasteiger partial charge in [-0.1, -0.05) is 11.6 Å². The van der Waals surface area contributed by atoms with Gasteiger partial charge < -0.3 is 14.1 Å². The first-order valence-electron chi connectivity index (χ1n) is 5.47. The number of alkyl halides is 3. The minimum absolute atomic E-state index is 0.0184.